The first-order valence-electron chi connectivity index (χ1n) is 7.28. The van der Waals surface area contributed by atoms with E-state index in [1.165, 1.54) is 0 Å². The van der Waals surface area contributed by atoms with Crippen LogP contribution in [0.2, 0.25) is 0 Å². The Kier molecular flexibility index (Phi) is 4.78. The van der Waals surface area contributed by atoms with Gasteiger partial charge in [0, 0.05) is 11.2 Å². The summed E-state index contributed by atoms with van der Waals surface area (Å²) in [7, 11) is 0. The minimum absolute atomic E-state index is 0.0570. The van der Waals surface area contributed by atoms with Crippen molar-refractivity contribution in [1.29, 1.82) is 0 Å². The second-order valence-electron chi connectivity index (χ2n) is 5.87. The van der Waals surface area contributed by atoms with Crippen LogP contribution < -0.4 is 10.6 Å². The van der Waals surface area contributed by atoms with Crippen molar-refractivity contribution in [3.63, 3.8) is 0 Å². The van der Waals surface area contributed by atoms with Crippen LogP contribution in [0, 0.1) is 13.8 Å². The molecule has 0 radical (unpaired) electrons. The summed E-state index contributed by atoms with van der Waals surface area (Å²) < 4.78 is 0. The fourth-order valence-electron chi connectivity index (χ4n) is 2.78. The number of amides is 1. The number of aliphatic hydroxyl groups excluding tert-OH is 1. The first-order chi connectivity index (χ1) is 9.54. The van der Waals surface area contributed by atoms with E-state index in [1.54, 1.807) is 0 Å². The molecule has 0 aromatic heterocycles. The van der Waals surface area contributed by atoms with Crippen LogP contribution in [0.25, 0.3) is 0 Å². The van der Waals surface area contributed by atoms with Crippen molar-refractivity contribution in [2.24, 2.45) is 0 Å². The molecule has 0 spiro atoms. The second kappa shape index (κ2) is 6.37. The van der Waals surface area contributed by atoms with Crippen LogP contribution in [0.15, 0.2) is 18.2 Å². The molecule has 1 aromatic carbocycles. The van der Waals surface area contributed by atoms with Crippen LogP contribution >= 0.6 is 0 Å². The number of aryl methyl sites for hydroxylation is 2. The normalized spacial score (nSPS) is 17.1. The zero-order chi connectivity index (χ0) is 14.6. The monoisotopic (exact) mass is 276 g/mol. The zero-order valence-electron chi connectivity index (χ0n) is 12.3. The highest BCUT2D eigenvalue weighted by molar-refractivity contribution is 5.93. The van der Waals surface area contributed by atoms with Gasteiger partial charge in [-0.3, -0.25) is 4.79 Å². The van der Waals surface area contributed by atoms with Gasteiger partial charge in [-0.05, 0) is 43.9 Å². The molecule has 0 heterocycles. The summed E-state index contributed by atoms with van der Waals surface area (Å²) in [6, 6.07) is 6.01. The maximum atomic E-state index is 12.0. The summed E-state index contributed by atoms with van der Waals surface area (Å²) in [6.07, 6.45) is 4.12. The Bertz CT molecular complexity index is 479. The molecule has 1 saturated carbocycles. The number of rotatable bonds is 5. The van der Waals surface area contributed by atoms with Gasteiger partial charge in [0.2, 0.25) is 5.91 Å². The maximum absolute atomic E-state index is 12.0. The fraction of sp³-hybridized carbons (Fsp3) is 0.562. The summed E-state index contributed by atoms with van der Waals surface area (Å²) in [5.74, 6) is -0.0570. The number of carbonyl (C=O) groups is 1. The van der Waals surface area contributed by atoms with E-state index in [0.29, 0.717) is 0 Å². The van der Waals surface area contributed by atoms with Gasteiger partial charge in [0.25, 0.3) is 0 Å². The molecule has 4 nitrogen and oxygen atoms in total. The lowest BCUT2D eigenvalue weighted by molar-refractivity contribution is -0.115. The molecule has 1 aliphatic rings. The molecular formula is C16H24N2O2. The van der Waals surface area contributed by atoms with Crippen LogP contribution in [0.4, 0.5) is 5.69 Å². The minimum Gasteiger partial charge on any atom is -0.394 e. The summed E-state index contributed by atoms with van der Waals surface area (Å²) in [6.45, 7) is 4.33. The van der Waals surface area contributed by atoms with Gasteiger partial charge in [0.1, 0.15) is 0 Å². The van der Waals surface area contributed by atoms with E-state index in [4.69, 9.17) is 0 Å². The van der Waals surface area contributed by atoms with Crippen LogP contribution in [0.5, 0.6) is 0 Å². The van der Waals surface area contributed by atoms with Gasteiger partial charge in [-0.25, -0.2) is 0 Å². The Morgan fingerprint density at radius 3 is 2.65 bits per heavy atom. The van der Waals surface area contributed by atoms with Crippen molar-refractivity contribution in [3.05, 3.63) is 29.3 Å². The largest absolute Gasteiger partial charge is 0.394 e. The highest BCUT2D eigenvalue weighted by Gasteiger charge is 2.32. The van der Waals surface area contributed by atoms with Crippen LogP contribution in [-0.2, 0) is 4.79 Å². The fourth-order valence-corrected chi connectivity index (χ4v) is 2.78. The number of anilines is 1. The van der Waals surface area contributed by atoms with Crippen molar-refractivity contribution >= 4 is 11.6 Å². The zero-order valence-corrected chi connectivity index (χ0v) is 12.3. The highest BCUT2D eigenvalue weighted by Crippen LogP contribution is 2.28. The Morgan fingerprint density at radius 1 is 1.30 bits per heavy atom. The number of hydrogen-bond acceptors (Lipinski definition) is 3. The van der Waals surface area contributed by atoms with E-state index in [2.05, 4.69) is 10.6 Å². The molecule has 0 atom stereocenters. The van der Waals surface area contributed by atoms with Crippen molar-refractivity contribution in [1.82, 2.24) is 5.32 Å². The van der Waals surface area contributed by atoms with Crippen LogP contribution in [0.1, 0.15) is 36.8 Å². The number of nitrogens with one attached hydrogen (secondary N) is 2. The standard InChI is InChI=1S/C16H24N2O2/c1-12-5-6-13(2)14(9-12)18-15(20)10-17-16(11-19)7-3-4-8-16/h5-6,9,17,19H,3-4,7-8,10-11H2,1-2H3,(H,18,20). The topological polar surface area (TPSA) is 61.4 Å². The van der Waals surface area contributed by atoms with Crippen molar-refractivity contribution in [2.45, 2.75) is 45.1 Å². The Hall–Kier alpha value is -1.39. The molecule has 0 unspecified atom stereocenters. The van der Waals surface area contributed by atoms with E-state index in [9.17, 15) is 9.90 Å². The van der Waals surface area contributed by atoms with Gasteiger partial charge in [-0.1, -0.05) is 25.0 Å². The molecule has 0 saturated heterocycles. The van der Waals surface area contributed by atoms with E-state index in [-0.39, 0.29) is 24.6 Å². The number of benzene rings is 1. The van der Waals surface area contributed by atoms with Crippen molar-refractivity contribution < 1.29 is 9.90 Å². The van der Waals surface area contributed by atoms with E-state index in [1.807, 2.05) is 32.0 Å². The lowest BCUT2D eigenvalue weighted by Crippen LogP contribution is -2.49. The van der Waals surface area contributed by atoms with Gasteiger partial charge >= 0.3 is 0 Å². The molecular weight excluding hydrogens is 252 g/mol. The molecule has 3 N–H and O–H groups in total. The molecule has 1 fully saturated rings. The van der Waals surface area contributed by atoms with E-state index in [0.717, 1.165) is 42.5 Å². The first-order valence-corrected chi connectivity index (χ1v) is 7.28. The lowest BCUT2D eigenvalue weighted by atomic mass is 9.99. The van der Waals surface area contributed by atoms with Crippen LogP contribution in [0.3, 0.4) is 0 Å². The highest BCUT2D eigenvalue weighted by atomic mass is 16.3. The molecule has 110 valence electrons. The smallest absolute Gasteiger partial charge is 0.238 e. The molecule has 20 heavy (non-hydrogen) atoms. The number of hydrogen-bond donors (Lipinski definition) is 3. The van der Waals surface area contributed by atoms with E-state index < -0.39 is 0 Å². The van der Waals surface area contributed by atoms with Crippen LogP contribution in [-0.4, -0.2) is 29.7 Å². The average Bonchev–Trinajstić information content (AvgIpc) is 2.90. The van der Waals surface area contributed by atoms with Gasteiger partial charge in [-0.15, -0.1) is 0 Å². The molecule has 4 heteroatoms. The maximum Gasteiger partial charge on any atom is 0.238 e. The Morgan fingerprint density at radius 2 is 2.00 bits per heavy atom. The third kappa shape index (κ3) is 3.58. The van der Waals surface area contributed by atoms with E-state index >= 15 is 0 Å². The minimum atomic E-state index is -0.251. The predicted octanol–water partition coefficient (Wildman–Crippen LogP) is 2.14. The summed E-state index contributed by atoms with van der Waals surface area (Å²) in [5, 5.41) is 15.7. The van der Waals surface area contributed by atoms with Gasteiger partial charge in [0.15, 0.2) is 0 Å². The quantitative estimate of drug-likeness (QED) is 0.772. The molecule has 1 aromatic rings. The molecule has 1 aliphatic carbocycles. The number of aliphatic hydroxyl groups is 1. The second-order valence-corrected chi connectivity index (χ2v) is 5.87. The van der Waals surface area contributed by atoms with Crippen molar-refractivity contribution in [3.8, 4) is 0 Å². The molecule has 0 aliphatic heterocycles. The third-order valence-corrected chi connectivity index (χ3v) is 4.15. The summed E-state index contributed by atoms with van der Waals surface area (Å²) in [5.41, 5.74) is 2.79. The number of carbonyl (C=O) groups excluding carboxylic acids is 1. The third-order valence-electron chi connectivity index (χ3n) is 4.15. The lowest BCUT2D eigenvalue weighted by Gasteiger charge is -2.27. The average molecular weight is 276 g/mol. The molecule has 0 bridgehead atoms. The van der Waals surface area contributed by atoms with Crippen molar-refractivity contribution in [2.75, 3.05) is 18.5 Å². The SMILES string of the molecule is Cc1ccc(C)c(NC(=O)CNC2(CO)CCCC2)c1. The molecule has 2 rings (SSSR count). The van der Waals surface area contributed by atoms with Gasteiger partial charge in [-0.2, -0.15) is 0 Å². The Labute approximate surface area is 120 Å². The van der Waals surface area contributed by atoms with Gasteiger partial charge < -0.3 is 15.7 Å². The molecule has 1 amide bonds. The summed E-state index contributed by atoms with van der Waals surface area (Å²) >= 11 is 0. The van der Waals surface area contributed by atoms with Gasteiger partial charge in [0.05, 0.1) is 13.2 Å². The predicted molar refractivity (Wildman–Crippen MR) is 80.8 cm³/mol. The first kappa shape index (κ1) is 15.0. The Balaban J connectivity index is 1.91. The summed E-state index contributed by atoms with van der Waals surface area (Å²) in [4.78, 5) is 12.0.